The highest BCUT2D eigenvalue weighted by molar-refractivity contribution is 6.36. The number of carbonyl (C=O) groups excluding carboxylic acids is 1. The van der Waals surface area contributed by atoms with Gasteiger partial charge in [0.2, 0.25) is 0 Å². The number of ether oxygens (including phenoxy) is 2. The van der Waals surface area contributed by atoms with E-state index in [1.165, 1.54) is 6.33 Å². The van der Waals surface area contributed by atoms with Crippen LogP contribution in [-0.2, 0) is 9.47 Å². The van der Waals surface area contributed by atoms with Crippen LogP contribution in [0.4, 0.5) is 4.79 Å². The van der Waals surface area contributed by atoms with Gasteiger partial charge in [0, 0.05) is 12.2 Å². The zero-order valence-corrected chi connectivity index (χ0v) is 19.3. The minimum absolute atomic E-state index is 0.172. The molecule has 2 aromatic heterocycles. The highest BCUT2D eigenvalue weighted by Crippen LogP contribution is 2.33. The Morgan fingerprint density at radius 2 is 1.90 bits per heavy atom. The minimum Gasteiger partial charge on any atom is -0.444 e. The summed E-state index contributed by atoms with van der Waals surface area (Å²) in [4.78, 5) is 22.9. The molecule has 1 fully saturated rings. The van der Waals surface area contributed by atoms with Crippen LogP contribution in [0.5, 0.6) is 0 Å². The predicted molar refractivity (Wildman–Crippen MR) is 120 cm³/mol. The highest BCUT2D eigenvalue weighted by Gasteiger charge is 2.36. The Kier molecular flexibility index (Phi) is 5.85. The van der Waals surface area contributed by atoms with Crippen molar-refractivity contribution in [1.29, 1.82) is 0 Å². The van der Waals surface area contributed by atoms with Gasteiger partial charge in [0.05, 0.1) is 24.1 Å². The monoisotopic (exact) mass is 462 g/mol. The number of amides is 1. The molecule has 0 aliphatic carbocycles. The summed E-state index contributed by atoms with van der Waals surface area (Å²) in [7, 11) is 0. The van der Waals surface area contributed by atoms with E-state index in [0.717, 1.165) is 11.3 Å². The van der Waals surface area contributed by atoms with Gasteiger partial charge in [-0.1, -0.05) is 35.3 Å². The third-order valence-electron chi connectivity index (χ3n) is 5.12. The Bertz CT molecular complexity index is 1110. The molecule has 31 heavy (non-hydrogen) atoms. The molecule has 0 bridgehead atoms. The van der Waals surface area contributed by atoms with Crippen LogP contribution in [0.2, 0.25) is 10.3 Å². The van der Waals surface area contributed by atoms with E-state index < -0.39 is 5.60 Å². The van der Waals surface area contributed by atoms with Gasteiger partial charge in [0.15, 0.2) is 5.65 Å². The molecule has 3 aromatic rings. The third-order valence-corrected chi connectivity index (χ3v) is 5.70. The van der Waals surface area contributed by atoms with Crippen molar-refractivity contribution in [2.24, 2.45) is 0 Å². The Labute approximate surface area is 190 Å². The highest BCUT2D eigenvalue weighted by atomic mass is 35.5. The van der Waals surface area contributed by atoms with E-state index in [0.29, 0.717) is 34.5 Å². The van der Waals surface area contributed by atoms with E-state index in [1.807, 2.05) is 52.0 Å². The van der Waals surface area contributed by atoms with Gasteiger partial charge in [-0.05, 0) is 51.5 Å². The molecule has 1 aliphatic heterocycles. The SMILES string of the molecule is C[C@@H]1OCCN(C(=O)OC(C)(C)C)[C@H]1c1ccc(-n2c(Cl)cc3c(Cl)ncnc32)cc1. The summed E-state index contributed by atoms with van der Waals surface area (Å²) in [5.41, 5.74) is 1.83. The zero-order valence-electron chi connectivity index (χ0n) is 17.8. The third kappa shape index (κ3) is 4.35. The summed E-state index contributed by atoms with van der Waals surface area (Å²) in [5, 5.41) is 1.52. The summed E-state index contributed by atoms with van der Waals surface area (Å²) < 4.78 is 13.3. The lowest BCUT2D eigenvalue weighted by Gasteiger charge is -2.40. The standard InChI is InChI=1S/C22H24Cl2N4O3/c1-13-18(27(9-10-30-13)21(29)31-22(2,3)4)14-5-7-15(8-6-14)28-17(23)11-16-19(24)25-12-26-20(16)28/h5-8,11-13,18H,9-10H2,1-4H3/t13-,18+/m0/s1. The van der Waals surface area contributed by atoms with Gasteiger partial charge in [-0.25, -0.2) is 14.8 Å². The molecule has 0 N–H and O–H groups in total. The molecular formula is C22H24Cl2N4O3. The molecule has 4 rings (SSSR count). The van der Waals surface area contributed by atoms with E-state index in [9.17, 15) is 4.79 Å². The zero-order chi connectivity index (χ0) is 22.3. The molecule has 1 aliphatic rings. The maximum absolute atomic E-state index is 12.8. The normalized spacial score (nSPS) is 19.6. The first-order valence-corrected chi connectivity index (χ1v) is 10.8. The van der Waals surface area contributed by atoms with Crippen molar-refractivity contribution >= 4 is 40.3 Å². The molecular weight excluding hydrogens is 439 g/mol. The number of morpholine rings is 1. The summed E-state index contributed by atoms with van der Waals surface area (Å²) in [6.45, 7) is 8.48. The first kappa shape index (κ1) is 21.9. The Morgan fingerprint density at radius 3 is 2.58 bits per heavy atom. The first-order chi connectivity index (χ1) is 14.7. The lowest BCUT2D eigenvalue weighted by atomic mass is 9.99. The van der Waals surface area contributed by atoms with E-state index >= 15 is 0 Å². The van der Waals surface area contributed by atoms with E-state index in [2.05, 4.69) is 9.97 Å². The largest absolute Gasteiger partial charge is 0.444 e. The maximum Gasteiger partial charge on any atom is 0.410 e. The van der Waals surface area contributed by atoms with Gasteiger partial charge in [0.25, 0.3) is 0 Å². The number of carbonyl (C=O) groups is 1. The van der Waals surface area contributed by atoms with Crippen LogP contribution in [-0.4, -0.2) is 50.4 Å². The van der Waals surface area contributed by atoms with Crippen LogP contribution in [0.25, 0.3) is 16.7 Å². The molecule has 3 heterocycles. The van der Waals surface area contributed by atoms with E-state index in [-0.39, 0.29) is 18.2 Å². The molecule has 0 spiro atoms. The predicted octanol–water partition coefficient (Wildman–Crippen LogP) is 5.42. The fourth-order valence-electron chi connectivity index (χ4n) is 3.82. The lowest BCUT2D eigenvalue weighted by Crippen LogP contribution is -2.48. The van der Waals surface area contributed by atoms with E-state index in [1.54, 1.807) is 15.5 Å². The van der Waals surface area contributed by atoms with E-state index in [4.69, 9.17) is 32.7 Å². The fraction of sp³-hybridized carbons (Fsp3) is 0.409. The second-order valence-electron chi connectivity index (χ2n) is 8.49. The summed E-state index contributed by atoms with van der Waals surface area (Å²) in [6, 6.07) is 9.29. The van der Waals surface area contributed by atoms with Crippen LogP contribution in [0.15, 0.2) is 36.7 Å². The van der Waals surface area contributed by atoms with Crippen molar-refractivity contribution in [3.05, 3.63) is 52.5 Å². The van der Waals surface area contributed by atoms with Gasteiger partial charge in [-0.15, -0.1) is 0 Å². The number of benzene rings is 1. The van der Waals surface area contributed by atoms with Gasteiger partial charge >= 0.3 is 6.09 Å². The number of fused-ring (bicyclic) bond motifs is 1. The minimum atomic E-state index is -0.567. The number of hydrogen-bond donors (Lipinski definition) is 0. The van der Waals surface area contributed by atoms with Gasteiger partial charge in [-0.2, -0.15) is 0 Å². The average molecular weight is 463 g/mol. The average Bonchev–Trinajstić information content (AvgIpc) is 3.04. The Balaban J connectivity index is 1.67. The van der Waals surface area contributed by atoms with Gasteiger partial charge < -0.3 is 9.47 Å². The number of hydrogen-bond acceptors (Lipinski definition) is 5. The second kappa shape index (κ2) is 8.30. The first-order valence-electron chi connectivity index (χ1n) is 10.0. The lowest BCUT2D eigenvalue weighted by molar-refractivity contribution is -0.0698. The van der Waals surface area contributed by atoms with Crippen molar-refractivity contribution in [3.63, 3.8) is 0 Å². The second-order valence-corrected chi connectivity index (χ2v) is 9.24. The Morgan fingerprint density at radius 1 is 1.19 bits per heavy atom. The van der Waals surface area contributed by atoms with Crippen LogP contribution in [0.3, 0.4) is 0 Å². The van der Waals surface area contributed by atoms with Crippen molar-refractivity contribution < 1.29 is 14.3 Å². The topological polar surface area (TPSA) is 69.5 Å². The smallest absolute Gasteiger partial charge is 0.410 e. The molecule has 1 saturated heterocycles. The number of nitrogens with zero attached hydrogens (tertiary/aromatic N) is 4. The molecule has 2 atom stereocenters. The van der Waals surface area contributed by atoms with Crippen molar-refractivity contribution in [1.82, 2.24) is 19.4 Å². The molecule has 9 heteroatoms. The van der Waals surface area contributed by atoms with Crippen molar-refractivity contribution in [2.45, 2.75) is 45.4 Å². The number of aromatic nitrogens is 3. The molecule has 0 saturated carbocycles. The summed E-state index contributed by atoms with van der Waals surface area (Å²) in [5.74, 6) is 0. The summed E-state index contributed by atoms with van der Waals surface area (Å²) in [6.07, 6.45) is 0.892. The molecule has 164 valence electrons. The summed E-state index contributed by atoms with van der Waals surface area (Å²) >= 11 is 12.6. The van der Waals surface area contributed by atoms with Crippen LogP contribution >= 0.6 is 23.2 Å². The molecule has 7 nitrogen and oxygen atoms in total. The molecule has 1 aromatic carbocycles. The van der Waals surface area contributed by atoms with Crippen molar-refractivity contribution in [3.8, 4) is 5.69 Å². The Hall–Kier alpha value is -2.35. The molecule has 1 amide bonds. The quantitative estimate of drug-likeness (QED) is 0.475. The fourth-order valence-corrected chi connectivity index (χ4v) is 4.29. The van der Waals surface area contributed by atoms with Crippen LogP contribution in [0, 0.1) is 0 Å². The van der Waals surface area contributed by atoms with Gasteiger partial charge in [0.1, 0.15) is 22.2 Å². The molecule has 0 unspecified atom stereocenters. The van der Waals surface area contributed by atoms with Crippen LogP contribution < -0.4 is 0 Å². The number of halogens is 2. The van der Waals surface area contributed by atoms with Crippen molar-refractivity contribution in [2.75, 3.05) is 13.2 Å². The number of rotatable bonds is 2. The van der Waals surface area contributed by atoms with Gasteiger partial charge in [-0.3, -0.25) is 9.47 Å². The van der Waals surface area contributed by atoms with Crippen LogP contribution in [0.1, 0.15) is 39.3 Å². The maximum atomic E-state index is 12.8. The molecule has 0 radical (unpaired) electrons.